The van der Waals surface area contributed by atoms with Crippen LogP contribution in [0.3, 0.4) is 0 Å². The van der Waals surface area contributed by atoms with E-state index in [4.69, 9.17) is 4.74 Å². The Kier molecular flexibility index (Phi) is 2.39. The SMILES string of the molecule is COc1ccc(-c2n[nH]c3c2Cc2ccccc2-3)cc1. The van der Waals surface area contributed by atoms with Crippen molar-refractivity contribution in [2.24, 2.45) is 0 Å². The van der Waals surface area contributed by atoms with Gasteiger partial charge >= 0.3 is 0 Å². The summed E-state index contributed by atoms with van der Waals surface area (Å²) in [5, 5.41) is 7.68. The molecule has 0 saturated carbocycles. The molecular weight excluding hydrogens is 248 g/mol. The van der Waals surface area contributed by atoms with E-state index in [9.17, 15) is 0 Å². The largest absolute Gasteiger partial charge is 0.497 e. The van der Waals surface area contributed by atoms with Crippen LogP contribution in [0, 0.1) is 0 Å². The molecule has 2 aromatic carbocycles. The number of ether oxygens (including phenoxy) is 1. The van der Waals surface area contributed by atoms with Gasteiger partial charge < -0.3 is 4.74 Å². The first-order chi connectivity index (χ1) is 9.86. The van der Waals surface area contributed by atoms with E-state index in [1.54, 1.807) is 7.11 Å². The smallest absolute Gasteiger partial charge is 0.118 e. The summed E-state index contributed by atoms with van der Waals surface area (Å²) in [6.07, 6.45) is 0.948. The van der Waals surface area contributed by atoms with Crippen LogP contribution in [0.4, 0.5) is 0 Å². The maximum atomic E-state index is 5.20. The molecule has 0 saturated heterocycles. The van der Waals surface area contributed by atoms with Crippen LogP contribution in [0.25, 0.3) is 22.5 Å². The number of fused-ring (bicyclic) bond motifs is 3. The number of nitrogens with zero attached hydrogens (tertiary/aromatic N) is 1. The molecule has 3 nitrogen and oxygen atoms in total. The lowest BCUT2D eigenvalue weighted by Gasteiger charge is -2.02. The van der Waals surface area contributed by atoms with E-state index >= 15 is 0 Å². The number of aromatic amines is 1. The molecule has 20 heavy (non-hydrogen) atoms. The lowest BCUT2D eigenvalue weighted by molar-refractivity contribution is 0.415. The van der Waals surface area contributed by atoms with Crippen molar-refractivity contribution in [3.8, 4) is 28.3 Å². The number of aromatic nitrogens is 2. The van der Waals surface area contributed by atoms with Crippen molar-refractivity contribution in [1.29, 1.82) is 0 Å². The summed E-state index contributed by atoms with van der Waals surface area (Å²) < 4.78 is 5.20. The molecule has 0 unspecified atom stereocenters. The lowest BCUT2D eigenvalue weighted by atomic mass is 10.1. The Morgan fingerprint density at radius 3 is 2.65 bits per heavy atom. The van der Waals surface area contributed by atoms with Gasteiger partial charge in [0.2, 0.25) is 0 Å². The molecule has 0 amide bonds. The Balaban J connectivity index is 1.81. The van der Waals surface area contributed by atoms with Crippen molar-refractivity contribution < 1.29 is 4.74 Å². The standard InChI is InChI=1S/C17H14N2O/c1-20-13-8-6-11(7-9-13)16-15-10-12-4-2-3-5-14(12)17(15)19-18-16/h2-9H,10H2,1H3,(H,18,19). The molecule has 3 aromatic rings. The van der Waals surface area contributed by atoms with Crippen LogP contribution in [-0.2, 0) is 6.42 Å². The molecule has 1 aliphatic carbocycles. The summed E-state index contributed by atoms with van der Waals surface area (Å²) in [7, 11) is 1.68. The normalized spacial score (nSPS) is 12.1. The van der Waals surface area contributed by atoms with Crippen LogP contribution in [0.1, 0.15) is 11.1 Å². The van der Waals surface area contributed by atoms with Gasteiger partial charge in [-0.2, -0.15) is 5.10 Å². The fourth-order valence-corrected chi connectivity index (χ4v) is 2.86. The topological polar surface area (TPSA) is 37.9 Å². The molecule has 1 heterocycles. The molecule has 98 valence electrons. The quantitative estimate of drug-likeness (QED) is 0.598. The molecule has 0 radical (unpaired) electrons. The third kappa shape index (κ3) is 1.56. The van der Waals surface area contributed by atoms with Gasteiger partial charge in [-0.05, 0) is 29.8 Å². The van der Waals surface area contributed by atoms with Gasteiger partial charge in [-0.25, -0.2) is 0 Å². The van der Waals surface area contributed by atoms with Gasteiger partial charge in [-0.15, -0.1) is 0 Å². The fourth-order valence-electron chi connectivity index (χ4n) is 2.86. The minimum Gasteiger partial charge on any atom is -0.497 e. The van der Waals surface area contributed by atoms with Crippen LogP contribution >= 0.6 is 0 Å². The number of rotatable bonds is 2. The molecule has 3 heteroatoms. The van der Waals surface area contributed by atoms with Gasteiger partial charge in [-0.3, -0.25) is 5.10 Å². The molecule has 0 spiro atoms. The van der Waals surface area contributed by atoms with Gasteiger partial charge in [0.1, 0.15) is 5.75 Å². The van der Waals surface area contributed by atoms with Crippen molar-refractivity contribution in [1.82, 2.24) is 10.2 Å². The molecule has 0 aliphatic heterocycles. The second-order valence-electron chi connectivity index (χ2n) is 4.99. The van der Waals surface area contributed by atoms with Gasteiger partial charge in [0.15, 0.2) is 0 Å². The molecular formula is C17H14N2O. The highest BCUT2D eigenvalue weighted by Gasteiger charge is 2.24. The molecule has 1 aliphatic rings. The van der Waals surface area contributed by atoms with Crippen LogP contribution < -0.4 is 4.74 Å². The second-order valence-corrected chi connectivity index (χ2v) is 4.99. The molecule has 4 rings (SSSR count). The number of nitrogens with one attached hydrogen (secondary N) is 1. The van der Waals surface area contributed by atoms with E-state index in [1.165, 1.54) is 16.7 Å². The highest BCUT2D eigenvalue weighted by atomic mass is 16.5. The fraction of sp³-hybridized carbons (Fsp3) is 0.118. The Morgan fingerprint density at radius 2 is 1.85 bits per heavy atom. The number of benzene rings is 2. The third-order valence-electron chi connectivity index (χ3n) is 3.88. The van der Waals surface area contributed by atoms with Crippen LogP contribution in [0.2, 0.25) is 0 Å². The molecule has 0 atom stereocenters. The maximum absolute atomic E-state index is 5.20. The van der Waals surface area contributed by atoms with Gasteiger partial charge in [-0.1, -0.05) is 24.3 Å². The average molecular weight is 262 g/mol. The lowest BCUT2D eigenvalue weighted by Crippen LogP contribution is -1.87. The first-order valence-corrected chi connectivity index (χ1v) is 6.67. The predicted molar refractivity (Wildman–Crippen MR) is 78.8 cm³/mol. The zero-order valence-corrected chi connectivity index (χ0v) is 11.2. The van der Waals surface area contributed by atoms with Gasteiger partial charge in [0.25, 0.3) is 0 Å². The molecule has 1 aromatic heterocycles. The summed E-state index contributed by atoms with van der Waals surface area (Å²) >= 11 is 0. The second kappa shape index (κ2) is 4.23. The van der Waals surface area contributed by atoms with E-state index in [1.807, 2.05) is 12.1 Å². The summed E-state index contributed by atoms with van der Waals surface area (Å²) in [6, 6.07) is 16.5. The van der Waals surface area contributed by atoms with Crippen molar-refractivity contribution in [2.45, 2.75) is 6.42 Å². The number of methoxy groups -OCH3 is 1. The van der Waals surface area contributed by atoms with Crippen molar-refractivity contribution in [3.63, 3.8) is 0 Å². The van der Waals surface area contributed by atoms with E-state index in [0.29, 0.717) is 0 Å². The van der Waals surface area contributed by atoms with Crippen LogP contribution in [0.15, 0.2) is 48.5 Å². The first-order valence-electron chi connectivity index (χ1n) is 6.67. The van der Waals surface area contributed by atoms with Gasteiger partial charge in [0, 0.05) is 23.1 Å². The zero-order valence-electron chi connectivity index (χ0n) is 11.2. The Labute approximate surface area is 117 Å². The van der Waals surface area contributed by atoms with Crippen molar-refractivity contribution in [3.05, 3.63) is 59.7 Å². The predicted octanol–water partition coefficient (Wildman–Crippen LogP) is 3.66. The number of H-pyrrole nitrogens is 1. The highest BCUT2D eigenvalue weighted by molar-refractivity contribution is 5.81. The van der Waals surface area contributed by atoms with E-state index < -0.39 is 0 Å². The molecule has 0 fully saturated rings. The van der Waals surface area contributed by atoms with Crippen LogP contribution in [0.5, 0.6) is 5.75 Å². The van der Waals surface area contributed by atoms with Crippen molar-refractivity contribution >= 4 is 0 Å². The van der Waals surface area contributed by atoms with Gasteiger partial charge in [0.05, 0.1) is 18.5 Å². The molecule has 1 N–H and O–H groups in total. The number of hydrogen-bond donors (Lipinski definition) is 1. The maximum Gasteiger partial charge on any atom is 0.118 e. The number of hydrogen-bond acceptors (Lipinski definition) is 2. The first kappa shape index (κ1) is 11.3. The molecule has 0 bridgehead atoms. The summed E-state index contributed by atoms with van der Waals surface area (Å²) in [5.74, 6) is 0.865. The summed E-state index contributed by atoms with van der Waals surface area (Å²) in [5.41, 5.74) is 7.25. The monoisotopic (exact) mass is 262 g/mol. The van der Waals surface area contributed by atoms with Crippen LogP contribution in [-0.4, -0.2) is 17.3 Å². The Morgan fingerprint density at radius 1 is 1.05 bits per heavy atom. The third-order valence-corrected chi connectivity index (χ3v) is 3.88. The minimum absolute atomic E-state index is 0.865. The Hall–Kier alpha value is -2.55. The average Bonchev–Trinajstić information content (AvgIpc) is 3.06. The van der Waals surface area contributed by atoms with E-state index in [2.05, 4.69) is 46.6 Å². The van der Waals surface area contributed by atoms with E-state index in [0.717, 1.165) is 29.1 Å². The van der Waals surface area contributed by atoms with Crippen molar-refractivity contribution in [2.75, 3.05) is 7.11 Å². The Bertz CT molecular complexity index is 772. The summed E-state index contributed by atoms with van der Waals surface area (Å²) in [4.78, 5) is 0. The minimum atomic E-state index is 0.865. The van der Waals surface area contributed by atoms with E-state index in [-0.39, 0.29) is 0 Å². The zero-order chi connectivity index (χ0) is 13.5. The highest BCUT2D eigenvalue weighted by Crippen LogP contribution is 2.39. The summed E-state index contributed by atoms with van der Waals surface area (Å²) in [6.45, 7) is 0.